The number of aromatic amines is 1. The van der Waals surface area contributed by atoms with Crippen molar-refractivity contribution in [1.29, 1.82) is 5.26 Å². The molecule has 7 heteroatoms. The maximum absolute atomic E-state index is 12.2. The van der Waals surface area contributed by atoms with Crippen LogP contribution in [-0.2, 0) is 0 Å². The molecule has 2 aliphatic rings. The Hall–Kier alpha value is -2.75. The number of carbonyl (C=O) groups excluding carboxylic acids is 1. The third-order valence-electron chi connectivity index (χ3n) is 4.62. The highest BCUT2D eigenvalue weighted by molar-refractivity contribution is 5.77. The number of amides is 2. The minimum Gasteiger partial charge on any atom is -0.342 e. The summed E-state index contributed by atoms with van der Waals surface area (Å²) in [6, 6.07) is 7.99. The highest BCUT2D eigenvalue weighted by Crippen LogP contribution is 2.26. The minimum absolute atomic E-state index is 0.0397. The summed E-state index contributed by atoms with van der Waals surface area (Å²) in [6.45, 7) is 2.70. The van der Waals surface area contributed by atoms with E-state index in [1.165, 1.54) is 0 Å². The number of benzene rings is 1. The zero-order chi connectivity index (χ0) is 15.8. The summed E-state index contributed by atoms with van der Waals surface area (Å²) in [7, 11) is 0. The molecule has 0 radical (unpaired) electrons. The van der Waals surface area contributed by atoms with Gasteiger partial charge in [-0.15, -0.1) is 0 Å². The van der Waals surface area contributed by atoms with Crippen LogP contribution in [-0.4, -0.2) is 58.0 Å². The Kier molecular flexibility index (Phi) is 3.30. The lowest BCUT2D eigenvalue weighted by molar-refractivity contribution is 0.146. The Balaban J connectivity index is 1.32. The summed E-state index contributed by atoms with van der Waals surface area (Å²) in [6.07, 6.45) is 2.96. The van der Waals surface area contributed by atoms with Crippen molar-refractivity contribution in [2.24, 2.45) is 0 Å². The summed E-state index contributed by atoms with van der Waals surface area (Å²) in [5.41, 5.74) is 2.00. The van der Waals surface area contributed by atoms with Gasteiger partial charge in [-0.3, -0.25) is 0 Å². The molecule has 0 bridgehead atoms. The van der Waals surface area contributed by atoms with Gasteiger partial charge in [0.15, 0.2) is 6.19 Å². The third-order valence-corrected chi connectivity index (χ3v) is 4.62. The average molecular weight is 310 g/mol. The molecule has 0 spiro atoms. The molecule has 0 unspecified atom stereocenters. The second-order valence-electron chi connectivity index (χ2n) is 6.22. The molecule has 2 aromatic rings. The van der Waals surface area contributed by atoms with Crippen LogP contribution >= 0.6 is 0 Å². The summed E-state index contributed by atoms with van der Waals surface area (Å²) in [4.78, 5) is 23.6. The van der Waals surface area contributed by atoms with E-state index in [4.69, 9.17) is 5.26 Å². The molecule has 1 aromatic heterocycles. The summed E-state index contributed by atoms with van der Waals surface area (Å²) in [5.74, 6) is 1.22. The van der Waals surface area contributed by atoms with Crippen LogP contribution in [0.15, 0.2) is 24.3 Å². The van der Waals surface area contributed by atoms with Crippen molar-refractivity contribution in [2.75, 3.05) is 26.2 Å². The lowest BCUT2D eigenvalue weighted by Gasteiger charge is -2.38. The van der Waals surface area contributed by atoms with Crippen LogP contribution in [0, 0.1) is 11.5 Å². The second kappa shape index (κ2) is 5.47. The molecule has 2 aliphatic heterocycles. The molecule has 23 heavy (non-hydrogen) atoms. The van der Waals surface area contributed by atoms with Gasteiger partial charge < -0.3 is 20.1 Å². The highest BCUT2D eigenvalue weighted by Gasteiger charge is 2.35. The summed E-state index contributed by atoms with van der Waals surface area (Å²) in [5, 5.41) is 11.9. The zero-order valence-corrected chi connectivity index (χ0v) is 12.7. The first-order valence-electron chi connectivity index (χ1n) is 7.87. The topological polar surface area (TPSA) is 88.1 Å². The number of urea groups is 1. The van der Waals surface area contributed by atoms with E-state index in [1.807, 2.05) is 24.3 Å². The van der Waals surface area contributed by atoms with Crippen LogP contribution in [0.25, 0.3) is 11.0 Å². The van der Waals surface area contributed by atoms with Gasteiger partial charge >= 0.3 is 6.03 Å². The molecule has 3 heterocycles. The van der Waals surface area contributed by atoms with E-state index in [2.05, 4.69) is 21.5 Å². The number of rotatable bonds is 2. The molecule has 2 saturated heterocycles. The summed E-state index contributed by atoms with van der Waals surface area (Å²) >= 11 is 0. The van der Waals surface area contributed by atoms with Crippen LogP contribution in [0.3, 0.4) is 0 Å². The number of imidazole rings is 1. The number of carbonyl (C=O) groups is 1. The van der Waals surface area contributed by atoms with Crippen LogP contribution in [0.5, 0.6) is 0 Å². The SMILES string of the molecule is N#CN1CC[C@@H](NC(=O)N2CC(c3nc4ccccc4[nH]3)C2)C1. The quantitative estimate of drug-likeness (QED) is 0.817. The van der Waals surface area contributed by atoms with Gasteiger partial charge in [-0.1, -0.05) is 12.1 Å². The fourth-order valence-corrected chi connectivity index (χ4v) is 3.22. The number of aromatic nitrogens is 2. The largest absolute Gasteiger partial charge is 0.342 e. The van der Waals surface area contributed by atoms with Gasteiger partial charge in [0.1, 0.15) is 5.82 Å². The van der Waals surface area contributed by atoms with Crippen molar-refractivity contribution in [3.8, 4) is 6.19 Å². The van der Waals surface area contributed by atoms with Gasteiger partial charge in [-0.25, -0.2) is 9.78 Å². The molecule has 2 amide bonds. The van der Waals surface area contributed by atoms with E-state index in [0.717, 1.165) is 29.8 Å². The zero-order valence-electron chi connectivity index (χ0n) is 12.7. The van der Waals surface area contributed by atoms with E-state index >= 15 is 0 Å². The maximum Gasteiger partial charge on any atom is 0.317 e. The fourth-order valence-electron chi connectivity index (χ4n) is 3.22. The monoisotopic (exact) mass is 310 g/mol. The molecule has 0 aliphatic carbocycles. The Morgan fingerprint density at radius 2 is 2.17 bits per heavy atom. The van der Waals surface area contributed by atoms with Gasteiger partial charge in [-0.05, 0) is 18.6 Å². The normalized spacial score (nSPS) is 21.3. The number of likely N-dealkylation sites (tertiary alicyclic amines) is 2. The van der Waals surface area contributed by atoms with Crippen molar-refractivity contribution < 1.29 is 4.79 Å². The molecule has 0 saturated carbocycles. The number of nitrogens with one attached hydrogen (secondary N) is 2. The Morgan fingerprint density at radius 3 is 2.91 bits per heavy atom. The van der Waals surface area contributed by atoms with Crippen LogP contribution in [0.1, 0.15) is 18.2 Å². The average Bonchev–Trinajstić information content (AvgIpc) is 3.11. The van der Waals surface area contributed by atoms with E-state index in [9.17, 15) is 4.79 Å². The van der Waals surface area contributed by atoms with Gasteiger partial charge in [0.05, 0.1) is 23.0 Å². The summed E-state index contributed by atoms with van der Waals surface area (Å²) < 4.78 is 0. The lowest BCUT2D eigenvalue weighted by Crippen LogP contribution is -2.55. The second-order valence-corrected chi connectivity index (χ2v) is 6.22. The number of nitrogens with zero attached hydrogens (tertiary/aromatic N) is 4. The first kappa shape index (κ1) is 13.9. The first-order chi connectivity index (χ1) is 11.2. The van der Waals surface area contributed by atoms with E-state index < -0.39 is 0 Å². The predicted molar refractivity (Wildman–Crippen MR) is 84.5 cm³/mol. The van der Waals surface area contributed by atoms with Crippen molar-refractivity contribution in [3.05, 3.63) is 30.1 Å². The van der Waals surface area contributed by atoms with Gasteiger partial charge in [0.25, 0.3) is 0 Å². The van der Waals surface area contributed by atoms with Crippen molar-refractivity contribution in [3.63, 3.8) is 0 Å². The highest BCUT2D eigenvalue weighted by atomic mass is 16.2. The maximum atomic E-state index is 12.2. The third kappa shape index (κ3) is 2.57. The number of H-pyrrole nitrogens is 1. The molecule has 4 rings (SSSR count). The van der Waals surface area contributed by atoms with Gasteiger partial charge in [-0.2, -0.15) is 5.26 Å². The van der Waals surface area contributed by atoms with Crippen LogP contribution in [0.4, 0.5) is 4.79 Å². The first-order valence-corrected chi connectivity index (χ1v) is 7.87. The standard InChI is InChI=1S/C16H18N6O/c17-10-21-6-5-12(9-21)18-16(23)22-7-11(8-22)15-19-13-3-1-2-4-14(13)20-15/h1-4,11-12H,5-9H2,(H,18,23)(H,19,20)/t12-/m1/s1. The van der Waals surface area contributed by atoms with E-state index in [1.54, 1.807) is 9.80 Å². The molecule has 118 valence electrons. The minimum atomic E-state index is -0.0397. The molecular weight excluding hydrogens is 292 g/mol. The smallest absolute Gasteiger partial charge is 0.317 e. The van der Waals surface area contributed by atoms with E-state index in [0.29, 0.717) is 19.6 Å². The molecular formula is C16H18N6O. The lowest BCUT2D eigenvalue weighted by atomic mass is 10.00. The molecule has 7 nitrogen and oxygen atoms in total. The predicted octanol–water partition coefficient (Wildman–Crippen LogP) is 1.23. The fraction of sp³-hybridized carbons (Fsp3) is 0.438. The molecule has 2 N–H and O–H groups in total. The Morgan fingerprint density at radius 1 is 1.35 bits per heavy atom. The van der Waals surface area contributed by atoms with Crippen molar-refractivity contribution in [1.82, 2.24) is 25.1 Å². The number of fused-ring (bicyclic) bond motifs is 1. The number of nitriles is 1. The van der Waals surface area contributed by atoms with Gasteiger partial charge in [0, 0.05) is 26.2 Å². The molecule has 2 fully saturated rings. The number of para-hydroxylation sites is 2. The number of hydrogen-bond acceptors (Lipinski definition) is 4. The van der Waals surface area contributed by atoms with Crippen LogP contribution < -0.4 is 5.32 Å². The van der Waals surface area contributed by atoms with Crippen LogP contribution in [0.2, 0.25) is 0 Å². The Labute approximate surface area is 133 Å². The van der Waals surface area contributed by atoms with Crippen molar-refractivity contribution >= 4 is 17.1 Å². The number of hydrogen-bond donors (Lipinski definition) is 2. The van der Waals surface area contributed by atoms with E-state index in [-0.39, 0.29) is 18.0 Å². The molecule has 1 aromatic carbocycles. The molecule has 1 atom stereocenters. The Bertz CT molecular complexity index is 739. The van der Waals surface area contributed by atoms with Crippen molar-refractivity contribution in [2.45, 2.75) is 18.4 Å². The van der Waals surface area contributed by atoms with Gasteiger partial charge in [0.2, 0.25) is 0 Å².